The third-order valence-corrected chi connectivity index (χ3v) is 4.07. The van der Waals surface area contributed by atoms with E-state index in [4.69, 9.17) is 5.26 Å². The first kappa shape index (κ1) is 12.8. The minimum Gasteiger partial charge on any atom is -0.301 e. The fourth-order valence-electron chi connectivity index (χ4n) is 2.74. The van der Waals surface area contributed by atoms with E-state index in [-0.39, 0.29) is 23.2 Å². The molecule has 1 aromatic carbocycles. The minimum atomic E-state index is -0.686. The van der Waals surface area contributed by atoms with Gasteiger partial charge in [0.1, 0.15) is 5.82 Å². The molecule has 2 aliphatic rings. The summed E-state index contributed by atoms with van der Waals surface area (Å²) in [6, 6.07) is 4.97. The molecule has 0 saturated heterocycles. The van der Waals surface area contributed by atoms with Crippen LogP contribution in [0.1, 0.15) is 35.2 Å². The van der Waals surface area contributed by atoms with Crippen molar-refractivity contribution in [2.75, 3.05) is 11.4 Å². The van der Waals surface area contributed by atoms with Gasteiger partial charge in [-0.05, 0) is 37.5 Å². The van der Waals surface area contributed by atoms with Crippen LogP contribution in [0, 0.1) is 29.5 Å². The number of carbonyl (C=O) groups is 2. The van der Waals surface area contributed by atoms with E-state index in [1.807, 2.05) is 0 Å². The van der Waals surface area contributed by atoms with Crippen molar-refractivity contribution in [3.63, 3.8) is 0 Å². The molecule has 0 atom stereocenters. The second-order valence-electron chi connectivity index (χ2n) is 5.70. The first-order valence-corrected chi connectivity index (χ1v) is 6.51. The van der Waals surface area contributed by atoms with E-state index in [0.717, 1.165) is 12.8 Å². The van der Waals surface area contributed by atoms with Gasteiger partial charge >= 0.3 is 0 Å². The van der Waals surface area contributed by atoms with Gasteiger partial charge in [0.25, 0.3) is 11.7 Å². The van der Waals surface area contributed by atoms with Crippen molar-refractivity contribution in [2.45, 2.75) is 26.2 Å². The first-order chi connectivity index (χ1) is 9.47. The number of Topliss-reactive ketones (excluding diaryl/α,β-unsaturated/α-hetero) is 1. The molecule has 0 bridgehead atoms. The van der Waals surface area contributed by atoms with Crippen molar-refractivity contribution in [3.05, 3.63) is 29.1 Å². The number of benzene rings is 1. The van der Waals surface area contributed by atoms with Gasteiger partial charge in [0.2, 0.25) is 0 Å². The number of rotatable bonds is 3. The standard InChI is InChI=1S/C15H13FN2O2/c1-9-6-10-12(11(16)7-9)18(14(20)13(10)19)8-15(2-3-15)4-5-17/h6-7H,2-4,8H2,1H3. The maximum absolute atomic E-state index is 14.1. The maximum Gasteiger partial charge on any atom is 0.299 e. The van der Waals surface area contributed by atoms with Crippen LogP contribution in [0.25, 0.3) is 0 Å². The van der Waals surface area contributed by atoms with Crippen molar-refractivity contribution in [1.82, 2.24) is 0 Å². The van der Waals surface area contributed by atoms with Crippen LogP contribution in [0.4, 0.5) is 10.1 Å². The maximum atomic E-state index is 14.1. The van der Waals surface area contributed by atoms with E-state index in [1.54, 1.807) is 13.0 Å². The normalized spacial score (nSPS) is 18.9. The summed E-state index contributed by atoms with van der Waals surface area (Å²) in [6.07, 6.45) is 2.00. The lowest BCUT2D eigenvalue weighted by Crippen LogP contribution is -2.35. The Morgan fingerprint density at radius 2 is 2.10 bits per heavy atom. The van der Waals surface area contributed by atoms with Gasteiger partial charge < -0.3 is 4.90 Å². The van der Waals surface area contributed by atoms with Crippen molar-refractivity contribution < 1.29 is 14.0 Å². The minimum absolute atomic E-state index is 0.0785. The molecule has 0 unspecified atom stereocenters. The molecule has 1 saturated carbocycles. The first-order valence-electron chi connectivity index (χ1n) is 6.51. The van der Waals surface area contributed by atoms with Crippen LogP contribution in [-0.2, 0) is 4.79 Å². The van der Waals surface area contributed by atoms with Crippen molar-refractivity contribution in [3.8, 4) is 6.07 Å². The average molecular weight is 272 g/mol. The molecule has 0 N–H and O–H groups in total. The summed E-state index contributed by atoms with van der Waals surface area (Å²) in [4.78, 5) is 25.2. The number of hydrogen-bond acceptors (Lipinski definition) is 3. The lowest BCUT2D eigenvalue weighted by Gasteiger charge is -2.22. The molecule has 1 aliphatic carbocycles. The van der Waals surface area contributed by atoms with Gasteiger partial charge in [-0.1, -0.05) is 0 Å². The molecular weight excluding hydrogens is 259 g/mol. The number of halogens is 1. The van der Waals surface area contributed by atoms with Crippen LogP contribution >= 0.6 is 0 Å². The topological polar surface area (TPSA) is 61.2 Å². The predicted octanol–water partition coefficient (Wildman–Crippen LogP) is 2.36. The summed E-state index contributed by atoms with van der Waals surface area (Å²) < 4.78 is 14.1. The summed E-state index contributed by atoms with van der Waals surface area (Å²) >= 11 is 0. The molecule has 1 aromatic rings. The van der Waals surface area contributed by atoms with Crippen LogP contribution < -0.4 is 4.90 Å². The highest BCUT2D eigenvalue weighted by molar-refractivity contribution is 6.52. The Bertz CT molecular complexity index is 671. The molecule has 102 valence electrons. The van der Waals surface area contributed by atoms with Gasteiger partial charge in [0.15, 0.2) is 0 Å². The fourth-order valence-corrected chi connectivity index (χ4v) is 2.74. The number of nitrogens with zero attached hydrogens (tertiary/aromatic N) is 2. The van der Waals surface area contributed by atoms with Gasteiger partial charge in [-0.2, -0.15) is 5.26 Å². The summed E-state index contributed by atoms with van der Waals surface area (Å²) in [5.41, 5.74) is 0.571. The smallest absolute Gasteiger partial charge is 0.299 e. The highest BCUT2D eigenvalue weighted by Gasteiger charge is 2.48. The SMILES string of the molecule is Cc1cc(F)c2c(c1)C(=O)C(=O)N2CC1(CC#N)CC1. The Kier molecular flexibility index (Phi) is 2.65. The van der Waals surface area contributed by atoms with E-state index in [2.05, 4.69) is 6.07 Å². The molecule has 0 aromatic heterocycles. The van der Waals surface area contributed by atoms with Crippen molar-refractivity contribution >= 4 is 17.4 Å². The Labute approximate surface area is 115 Å². The second kappa shape index (κ2) is 4.14. The zero-order valence-electron chi connectivity index (χ0n) is 11.1. The van der Waals surface area contributed by atoms with Gasteiger partial charge in [-0.15, -0.1) is 0 Å². The second-order valence-corrected chi connectivity index (χ2v) is 5.70. The lowest BCUT2D eigenvalue weighted by molar-refractivity contribution is -0.114. The number of amides is 1. The monoisotopic (exact) mass is 272 g/mol. The van der Waals surface area contributed by atoms with E-state index < -0.39 is 17.5 Å². The Morgan fingerprint density at radius 1 is 1.40 bits per heavy atom. The third kappa shape index (κ3) is 1.80. The largest absolute Gasteiger partial charge is 0.301 e. The van der Waals surface area contributed by atoms with E-state index in [9.17, 15) is 14.0 Å². The number of nitriles is 1. The van der Waals surface area contributed by atoms with Gasteiger partial charge in [0, 0.05) is 18.4 Å². The van der Waals surface area contributed by atoms with E-state index in [1.165, 1.54) is 11.0 Å². The molecule has 4 nitrogen and oxygen atoms in total. The summed E-state index contributed by atoms with van der Waals surface area (Å²) in [5, 5.41) is 8.83. The molecule has 1 amide bonds. The number of hydrogen-bond donors (Lipinski definition) is 0. The molecule has 5 heteroatoms. The molecular formula is C15H13FN2O2. The summed E-state index contributed by atoms with van der Waals surface area (Å²) in [6.45, 7) is 1.93. The summed E-state index contributed by atoms with van der Waals surface area (Å²) in [5.74, 6) is -1.89. The lowest BCUT2D eigenvalue weighted by atomic mass is 10.0. The van der Waals surface area contributed by atoms with Crippen molar-refractivity contribution in [1.29, 1.82) is 5.26 Å². The molecule has 20 heavy (non-hydrogen) atoms. The van der Waals surface area contributed by atoms with E-state index >= 15 is 0 Å². The fraction of sp³-hybridized carbons (Fsp3) is 0.400. The van der Waals surface area contributed by atoms with Crippen LogP contribution in [0.2, 0.25) is 0 Å². The average Bonchev–Trinajstić information content (AvgIpc) is 3.10. The van der Waals surface area contributed by atoms with Crippen LogP contribution in [-0.4, -0.2) is 18.2 Å². The summed E-state index contributed by atoms with van der Waals surface area (Å²) in [7, 11) is 0. The Balaban J connectivity index is 2.01. The Morgan fingerprint density at radius 3 is 2.70 bits per heavy atom. The number of anilines is 1. The predicted molar refractivity (Wildman–Crippen MR) is 69.7 cm³/mol. The molecule has 0 spiro atoms. The van der Waals surface area contributed by atoms with Crippen molar-refractivity contribution in [2.24, 2.45) is 5.41 Å². The highest BCUT2D eigenvalue weighted by atomic mass is 19.1. The number of fused-ring (bicyclic) bond motifs is 1. The van der Waals surface area contributed by atoms with E-state index in [0.29, 0.717) is 12.0 Å². The van der Waals surface area contributed by atoms with Crippen LogP contribution in [0.15, 0.2) is 12.1 Å². The Hall–Kier alpha value is -2.22. The number of carbonyl (C=O) groups excluding carboxylic acids is 2. The van der Waals surface area contributed by atoms with Crippen LogP contribution in [0.5, 0.6) is 0 Å². The number of ketones is 1. The highest BCUT2D eigenvalue weighted by Crippen LogP contribution is 2.50. The molecule has 1 aliphatic heterocycles. The molecule has 1 fully saturated rings. The molecule has 3 rings (SSSR count). The molecule has 1 heterocycles. The quantitative estimate of drug-likeness (QED) is 0.793. The van der Waals surface area contributed by atoms with Gasteiger partial charge in [-0.3, -0.25) is 9.59 Å². The zero-order chi connectivity index (χ0) is 14.5. The number of aryl methyl sites for hydroxylation is 1. The molecule has 0 radical (unpaired) electrons. The van der Waals surface area contributed by atoms with Crippen LogP contribution in [0.3, 0.4) is 0 Å². The van der Waals surface area contributed by atoms with Gasteiger partial charge in [-0.25, -0.2) is 4.39 Å². The zero-order valence-corrected chi connectivity index (χ0v) is 11.1. The van der Waals surface area contributed by atoms with Gasteiger partial charge in [0.05, 0.1) is 17.3 Å². The third-order valence-electron chi connectivity index (χ3n) is 4.07.